The van der Waals surface area contributed by atoms with Crippen LogP contribution in [0, 0.1) is 5.41 Å². The van der Waals surface area contributed by atoms with Crippen LogP contribution in [0.5, 0.6) is 0 Å². The number of nitrogens with one attached hydrogen (secondary N) is 2. The van der Waals surface area contributed by atoms with Gasteiger partial charge < -0.3 is 34.8 Å². The SMILES string of the molecule is CC1(C)COB(c2ccccc2CBr)OC1.OO[B]c1ccccc1CN(CCCCN(Cc1ccccc1B(O)O)Cc1c2ccccc2nc2ccccc12)Cc1c2ccccc2nc2ccccc12.c1ccc2c(CNCCCCNCc3c4ccccc4nc4ccccc34)c3ccccc3nc2c1. The average Bonchev–Trinajstić information content (AvgIpc) is 0.790. The monoisotopic (exact) mass is 1490 g/mol. The highest BCUT2D eigenvalue weighted by Crippen LogP contribution is 2.33. The molecule has 0 bridgehead atoms. The number of hydrogen-bond donors (Lipinski definition) is 5. The Morgan fingerprint density at radius 3 is 1.12 bits per heavy atom. The van der Waals surface area contributed by atoms with Crippen molar-refractivity contribution in [1.82, 2.24) is 40.4 Å². The number of pyridine rings is 4. The maximum absolute atomic E-state index is 10.3. The molecular weight excluding hydrogens is 1400 g/mol. The number of unbranched alkanes of at least 4 members (excludes halogenated alkanes) is 2. The van der Waals surface area contributed by atoms with Gasteiger partial charge >= 0.3 is 21.7 Å². The number of para-hydroxylation sites is 8. The number of alkyl halides is 1. The molecule has 0 unspecified atom stereocenters. The van der Waals surface area contributed by atoms with Gasteiger partial charge in [-0.25, -0.2) is 19.9 Å². The third-order valence-electron chi connectivity index (χ3n) is 20.4. The van der Waals surface area contributed by atoms with Gasteiger partial charge in [0.2, 0.25) is 0 Å². The molecule has 0 spiro atoms. The number of nitrogens with zero attached hydrogens (tertiary/aromatic N) is 6. The number of hydrogen-bond acceptors (Lipinski definition) is 14. The van der Waals surface area contributed by atoms with Crippen molar-refractivity contribution in [3.63, 3.8) is 0 Å². The average molecular weight is 1490 g/mol. The van der Waals surface area contributed by atoms with Crippen LogP contribution < -0.4 is 27.0 Å². The van der Waals surface area contributed by atoms with Crippen LogP contribution >= 0.6 is 15.9 Å². The van der Waals surface area contributed by atoms with Crippen molar-refractivity contribution < 1.29 is 29.4 Å². The molecule has 541 valence electrons. The van der Waals surface area contributed by atoms with Crippen LogP contribution in [-0.4, -0.2) is 106 Å². The third kappa shape index (κ3) is 18.4. The summed E-state index contributed by atoms with van der Waals surface area (Å²) in [5.41, 5.74) is 19.0. The Hall–Kier alpha value is -9.63. The van der Waals surface area contributed by atoms with Crippen molar-refractivity contribution in [2.75, 3.05) is 39.4 Å². The van der Waals surface area contributed by atoms with E-state index < -0.39 is 7.12 Å². The molecule has 1 aliphatic rings. The first kappa shape index (κ1) is 75.2. The Labute approximate surface area is 641 Å². The topological polar surface area (TPSA) is 170 Å². The zero-order chi connectivity index (χ0) is 74.0. The van der Waals surface area contributed by atoms with Gasteiger partial charge in [-0.15, -0.1) is 0 Å². The van der Waals surface area contributed by atoms with Gasteiger partial charge in [-0.2, -0.15) is 0 Å². The zero-order valence-electron chi connectivity index (χ0n) is 61.3. The Morgan fingerprint density at radius 1 is 0.417 bits per heavy atom. The second-order valence-electron chi connectivity index (χ2n) is 28.6. The molecule has 14 nitrogen and oxygen atoms in total. The molecule has 11 aromatic carbocycles. The molecule has 4 aromatic heterocycles. The van der Waals surface area contributed by atoms with Crippen molar-refractivity contribution in [1.29, 1.82) is 0 Å². The Morgan fingerprint density at radius 2 is 0.741 bits per heavy atom. The van der Waals surface area contributed by atoms with Gasteiger partial charge in [0, 0.05) is 106 Å². The molecule has 5 heterocycles. The molecule has 15 aromatic rings. The first-order chi connectivity index (χ1) is 53.1. The Kier molecular flexibility index (Phi) is 25.4. The fourth-order valence-electron chi connectivity index (χ4n) is 14.9. The minimum Gasteiger partial charge on any atom is -0.423 e. The van der Waals surface area contributed by atoms with E-state index in [4.69, 9.17) is 29.2 Å². The highest BCUT2D eigenvalue weighted by Gasteiger charge is 2.34. The largest absolute Gasteiger partial charge is 0.494 e. The second kappa shape index (κ2) is 36.5. The standard InChI is InChI=1S/C46H43B2N4O4.C32H30N4.C12H16BBrO2/c53-48(54)42-22-8-2-16-34(42)30-52(32-40-37-19-5-11-25-45(37)50-46-26-12-6-20-38(40)46)28-14-13-27-51(29-33-15-1-7-21-41(33)47-56-55)31-39-35-17-3-9-23-43(35)49-44-24-10-4-18-36(39)44;1-5-15-29-23(11-1)27(24-12-2-6-16-30(24)35-29)21-33-19-9-10-20-34-22-28-25-13-3-7-17-31(25)36-32-18-8-4-14-26(28)32;1-12(2)8-15-13(16-9-12)11-6-4-3-5-10(11)7-14/h1-12,15-26,53-55H,13-14,27-32H2;1-8,11-18,33-34H,9-10,19-22H2;3-6H,7-9H2,1-2H3. The summed E-state index contributed by atoms with van der Waals surface area (Å²) in [4.78, 5) is 29.0. The lowest BCUT2D eigenvalue weighted by Gasteiger charge is -2.33. The highest BCUT2D eigenvalue weighted by molar-refractivity contribution is 9.08. The predicted octanol–water partition coefficient (Wildman–Crippen LogP) is 16.1. The quantitative estimate of drug-likeness (QED) is 0.00823. The van der Waals surface area contributed by atoms with E-state index >= 15 is 0 Å². The summed E-state index contributed by atoms with van der Waals surface area (Å²) >= 11 is 3.49. The van der Waals surface area contributed by atoms with Crippen LogP contribution in [0.1, 0.15) is 78.5 Å². The molecule has 0 amide bonds. The van der Waals surface area contributed by atoms with Crippen molar-refractivity contribution in [2.45, 2.75) is 84.1 Å². The molecule has 1 aliphatic heterocycles. The zero-order valence-corrected chi connectivity index (χ0v) is 62.9. The number of aromatic nitrogens is 4. The number of fused-ring (bicyclic) bond motifs is 8. The molecule has 1 fully saturated rings. The Bertz CT molecular complexity index is 5210. The maximum atomic E-state index is 10.3. The predicted molar refractivity (Wildman–Crippen MR) is 449 cm³/mol. The fraction of sp³-hybridized carbons (Fsp3) is 0.222. The first-order valence-corrected chi connectivity index (χ1v) is 38.6. The van der Waals surface area contributed by atoms with Gasteiger partial charge in [-0.1, -0.05) is 248 Å². The van der Waals surface area contributed by atoms with E-state index in [-0.39, 0.29) is 12.5 Å². The van der Waals surface area contributed by atoms with E-state index in [2.05, 4.69) is 243 Å². The number of halogens is 1. The summed E-state index contributed by atoms with van der Waals surface area (Å²) in [7, 11) is -0.376. The van der Waals surface area contributed by atoms with Gasteiger partial charge in [0.1, 0.15) is 0 Å². The summed E-state index contributed by atoms with van der Waals surface area (Å²) in [6.45, 7) is 13.7. The van der Waals surface area contributed by atoms with E-state index in [0.29, 0.717) is 31.6 Å². The lowest BCUT2D eigenvalue weighted by atomic mass is 9.74. The molecule has 1 saturated heterocycles. The first-order valence-electron chi connectivity index (χ1n) is 37.5. The van der Waals surface area contributed by atoms with E-state index in [1.807, 2.05) is 72.8 Å². The number of rotatable bonds is 27. The molecule has 0 aliphatic carbocycles. The second-order valence-corrected chi connectivity index (χ2v) is 29.2. The molecule has 108 heavy (non-hydrogen) atoms. The highest BCUT2D eigenvalue weighted by atomic mass is 79.9. The third-order valence-corrected chi connectivity index (χ3v) is 21.0. The summed E-state index contributed by atoms with van der Waals surface area (Å²) in [6, 6.07) is 90.9. The van der Waals surface area contributed by atoms with Crippen LogP contribution in [0.2, 0.25) is 0 Å². The Balaban J connectivity index is 0.000000159. The van der Waals surface area contributed by atoms with Gasteiger partial charge in [0.05, 0.1) is 44.1 Å². The van der Waals surface area contributed by atoms with Crippen molar-refractivity contribution in [3.05, 3.63) is 306 Å². The lowest BCUT2D eigenvalue weighted by molar-refractivity contribution is -0.135. The van der Waals surface area contributed by atoms with Crippen molar-refractivity contribution in [3.8, 4) is 0 Å². The summed E-state index contributed by atoms with van der Waals surface area (Å²) in [6.07, 6.45) is 4.09. The summed E-state index contributed by atoms with van der Waals surface area (Å²) in [5.74, 6) is 0. The molecule has 5 N–H and O–H groups in total. The molecule has 16 rings (SSSR count). The van der Waals surface area contributed by atoms with Crippen molar-refractivity contribution >= 4 is 141 Å². The van der Waals surface area contributed by atoms with E-state index in [0.717, 1.165) is 171 Å². The smallest absolute Gasteiger partial charge is 0.423 e. The van der Waals surface area contributed by atoms with Crippen LogP contribution in [0.4, 0.5) is 0 Å². The molecule has 1 radical (unpaired) electrons. The minimum atomic E-state index is -1.55. The molecular formula is C90H89B3BrN8O6. The van der Waals surface area contributed by atoms with Gasteiger partial charge in [-0.3, -0.25) is 15.1 Å². The summed E-state index contributed by atoms with van der Waals surface area (Å²) in [5, 5.41) is 47.6. The normalized spacial score (nSPS) is 12.9. The molecule has 0 saturated carbocycles. The van der Waals surface area contributed by atoms with Crippen LogP contribution in [0.15, 0.2) is 267 Å². The van der Waals surface area contributed by atoms with Crippen LogP contribution in [0.3, 0.4) is 0 Å². The van der Waals surface area contributed by atoms with Crippen molar-refractivity contribution in [2.24, 2.45) is 5.41 Å². The van der Waals surface area contributed by atoms with E-state index in [1.54, 1.807) is 6.07 Å². The molecule has 0 atom stereocenters. The number of benzene rings is 11. The van der Waals surface area contributed by atoms with Gasteiger partial charge in [0.25, 0.3) is 0 Å². The van der Waals surface area contributed by atoms with Crippen LogP contribution in [-0.2, 0) is 58.7 Å². The van der Waals surface area contributed by atoms with Crippen LogP contribution in [0.25, 0.3) is 87.2 Å². The van der Waals surface area contributed by atoms with E-state index in [9.17, 15) is 15.3 Å². The van der Waals surface area contributed by atoms with Gasteiger partial charge in [0.15, 0.2) is 0 Å². The van der Waals surface area contributed by atoms with Gasteiger partial charge in [-0.05, 0) is 156 Å². The van der Waals surface area contributed by atoms with E-state index in [1.165, 1.54) is 56.8 Å². The minimum absolute atomic E-state index is 0.125. The summed E-state index contributed by atoms with van der Waals surface area (Å²) < 4.78 is 11.6. The fourth-order valence-corrected chi connectivity index (χ4v) is 15.4. The lowest BCUT2D eigenvalue weighted by Crippen LogP contribution is -2.48. The molecule has 18 heteroatoms. The maximum Gasteiger partial charge on any atom is 0.494 e.